The van der Waals surface area contributed by atoms with Gasteiger partial charge in [0.25, 0.3) is 0 Å². The molecule has 0 atom stereocenters. The summed E-state index contributed by atoms with van der Waals surface area (Å²) in [4.78, 5) is 27.1. The molecule has 2 fully saturated rings. The number of piperidine rings is 1. The molecule has 0 radical (unpaired) electrons. The SMILES string of the molecule is CC(C)(C(=O)NCc1ccc(F)cc1)C(=O)N1CCC2(CC1)OCCO2. The highest BCUT2D eigenvalue weighted by atomic mass is 19.1. The maximum absolute atomic E-state index is 12.9. The molecule has 7 heteroatoms. The second kappa shape index (κ2) is 7.32. The number of ether oxygens (including phenoxy) is 2. The molecule has 0 bridgehead atoms. The van der Waals surface area contributed by atoms with Crippen LogP contribution in [0.25, 0.3) is 0 Å². The number of hydrogen-bond donors (Lipinski definition) is 1. The van der Waals surface area contributed by atoms with Crippen molar-refractivity contribution in [3.63, 3.8) is 0 Å². The molecule has 1 aromatic rings. The molecule has 2 saturated heterocycles. The summed E-state index contributed by atoms with van der Waals surface area (Å²) >= 11 is 0. The van der Waals surface area contributed by atoms with Crippen molar-refractivity contribution in [2.75, 3.05) is 26.3 Å². The van der Waals surface area contributed by atoms with Gasteiger partial charge in [-0.2, -0.15) is 0 Å². The summed E-state index contributed by atoms with van der Waals surface area (Å²) in [5, 5.41) is 2.77. The summed E-state index contributed by atoms with van der Waals surface area (Å²) in [6.45, 7) is 5.70. The fourth-order valence-corrected chi connectivity index (χ4v) is 3.33. The van der Waals surface area contributed by atoms with E-state index in [0.717, 1.165) is 5.56 Å². The number of likely N-dealkylation sites (tertiary alicyclic amines) is 1. The number of nitrogens with one attached hydrogen (secondary N) is 1. The Morgan fingerprint density at radius 3 is 2.31 bits per heavy atom. The maximum atomic E-state index is 12.9. The van der Waals surface area contributed by atoms with Crippen molar-refractivity contribution >= 4 is 11.8 Å². The fourth-order valence-electron chi connectivity index (χ4n) is 3.33. The largest absolute Gasteiger partial charge is 0.351 e. The average molecular weight is 364 g/mol. The third-order valence-corrected chi connectivity index (χ3v) is 5.09. The standard InChI is InChI=1S/C19H25FN2O4/c1-18(2,16(23)21-13-14-3-5-15(20)6-4-14)17(24)22-9-7-19(8-10-22)25-11-12-26-19/h3-6H,7-13H2,1-2H3,(H,21,23). The van der Waals surface area contributed by atoms with Gasteiger partial charge in [0, 0.05) is 32.5 Å². The first kappa shape index (κ1) is 18.8. The van der Waals surface area contributed by atoms with Gasteiger partial charge in [-0.25, -0.2) is 4.39 Å². The first-order valence-electron chi connectivity index (χ1n) is 8.92. The van der Waals surface area contributed by atoms with Gasteiger partial charge in [0.15, 0.2) is 5.79 Å². The Hall–Kier alpha value is -1.99. The predicted octanol–water partition coefficient (Wildman–Crippen LogP) is 1.83. The third-order valence-electron chi connectivity index (χ3n) is 5.09. The smallest absolute Gasteiger partial charge is 0.237 e. The van der Waals surface area contributed by atoms with E-state index in [4.69, 9.17) is 9.47 Å². The van der Waals surface area contributed by atoms with Gasteiger partial charge in [-0.15, -0.1) is 0 Å². The van der Waals surface area contributed by atoms with Gasteiger partial charge >= 0.3 is 0 Å². The number of rotatable bonds is 4. The molecule has 1 aromatic carbocycles. The number of nitrogens with zero attached hydrogens (tertiary/aromatic N) is 1. The zero-order chi connectivity index (χ0) is 18.8. The Balaban J connectivity index is 1.55. The fraction of sp³-hybridized carbons (Fsp3) is 0.579. The summed E-state index contributed by atoms with van der Waals surface area (Å²) in [6, 6.07) is 5.90. The molecule has 0 unspecified atom stereocenters. The molecule has 3 rings (SSSR count). The lowest BCUT2D eigenvalue weighted by Crippen LogP contribution is -2.54. The summed E-state index contributed by atoms with van der Waals surface area (Å²) in [5.74, 6) is -1.43. The van der Waals surface area contributed by atoms with Gasteiger partial charge in [-0.1, -0.05) is 12.1 Å². The van der Waals surface area contributed by atoms with E-state index in [2.05, 4.69) is 5.32 Å². The Labute approximate surface area is 152 Å². The number of hydrogen-bond acceptors (Lipinski definition) is 4. The minimum Gasteiger partial charge on any atom is -0.351 e. The van der Waals surface area contributed by atoms with Crippen molar-refractivity contribution in [3.05, 3.63) is 35.6 Å². The highest BCUT2D eigenvalue weighted by Crippen LogP contribution is 2.33. The summed E-state index contributed by atoms with van der Waals surface area (Å²) in [6.07, 6.45) is 1.23. The van der Waals surface area contributed by atoms with E-state index in [9.17, 15) is 14.0 Å². The molecular weight excluding hydrogens is 339 g/mol. The first-order chi connectivity index (χ1) is 12.3. The molecule has 2 amide bonds. The summed E-state index contributed by atoms with van der Waals surface area (Å²) in [5.41, 5.74) is -0.402. The molecular formula is C19H25FN2O4. The van der Waals surface area contributed by atoms with E-state index in [1.54, 1.807) is 30.9 Å². The van der Waals surface area contributed by atoms with E-state index in [1.807, 2.05) is 0 Å². The van der Waals surface area contributed by atoms with E-state index in [-0.39, 0.29) is 24.2 Å². The topological polar surface area (TPSA) is 67.9 Å². The lowest BCUT2D eigenvalue weighted by atomic mass is 9.88. The van der Waals surface area contributed by atoms with Gasteiger partial charge in [-0.05, 0) is 31.5 Å². The van der Waals surface area contributed by atoms with Gasteiger partial charge < -0.3 is 19.7 Å². The van der Waals surface area contributed by atoms with Crippen LogP contribution in [0.5, 0.6) is 0 Å². The van der Waals surface area contributed by atoms with Crippen molar-refractivity contribution in [2.24, 2.45) is 5.41 Å². The normalized spacial score (nSPS) is 19.6. The minimum atomic E-state index is -1.18. The maximum Gasteiger partial charge on any atom is 0.237 e. The minimum absolute atomic E-state index is 0.207. The van der Waals surface area contributed by atoms with E-state index >= 15 is 0 Å². The van der Waals surface area contributed by atoms with Crippen LogP contribution >= 0.6 is 0 Å². The van der Waals surface area contributed by atoms with Crippen LogP contribution in [0.15, 0.2) is 24.3 Å². The zero-order valence-corrected chi connectivity index (χ0v) is 15.2. The van der Waals surface area contributed by atoms with Gasteiger partial charge in [0.05, 0.1) is 13.2 Å². The monoisotopic (exact) mass is 364 g/mol. The average Bonchev–Trinajstić information content (AvgIpc) is 3.09. The van der Waals surface area contributed by atoms with Crippen LogP contribution in [0.1, 0.15) is 32.3 Å². The van der Waals surface area contributed by atoms with Crippen LogP contribution in [0, 0.1) is 11.2 Å². The van der Waals surface area contributed by atoms with Crippen LogP contribution in [0.3, 0.4) is 0 Å². The quantitative estimate of drug-likeness (QED) is 0.828. The molecule has 1 spiro atoms. The molecule has 2 heterocycles. The van der Waals surface area contributed by atoms with Gasteiger partial charge in [0.1, 0.15) is 11.2 Å². The van der Waals surface area contributed by atoms with Crippen molar-refractivity contribution in [1.29, 1.82) is 0 Å². The lowest BCUT2D eigenvalue weighted by molar-refractivity contribution is -0.189. The predicted molar refractivity (Wildman–Crippen MR) is 92.5 cm³/mol. The highest BCUT2D eigenvalue weighted by molar-refractivity contribution is 6.04. The summed E-state index contributed by atoms with van der Waals surface area (Å²) in [7, 11) is 0. The third kappa shape index (κ3) is 3.88. The number of amides is 2. The van der Waals surface area contributed by atoms with Crippen LogP contribution < -0.4 is 5.32 Å². The van der Waals surface area contributed by atoms with E-state index < -0.39 is 11.2 Å². The molecule has 142 valence electrons. The van der Waals surface area contributed by atoms with Crippen molar-refractivity contribution in [2.45, 2.75) is 39.0 Å². The molecule has 0 aliphatic carbocycles. The highest BCUT2D eigenvalue weighted by Gasteiger charge is 2.45. The van der Waals surface area contributed by atoms with Crippen LogP contribution in [0.2, 0.25) is 0 Å². The number of carbonyl (C=O) groups excluding carboxylic acids is 2. The number of halogens is 1. The van der Waals surface area contributed by atoms with Gasteiger partial charge in [0.2, 0.25) is 11.8 Å². The molecule has 2 aliphatic heterocycles. The Kier molecular flexibility index (Phi) is 5.29. The molecule has 26 heavy (non-hydrogen) atoms. The molecule has 6 nitrogen and oxygen atoms in total. The molecule has 0 saturated carbocycles. The van der Waals surface area contributed by atoms with E-state index in [1.165, 1.54) is 12.1 Å². The number of carbonyl (C=O) groups is 2. The zero-order valence-electron chi connectivity index (χ0n) is 15.2. The van der Waals surface area contributed by atoms with Crippen molar-refractivity contribution in [1.82, 2.24) is 10.2 Å². The summed E-state index contributed by atoms with van der Waals surface area (Å²) < 4.78 is 24.3. The van der Waals surface area contributed by atoms with Crippen LogP contribution in [-0.2, 0) is 25.6 Å². The molecule has 1 N–H and O–H groups in total. The Morgan fingerprint density at radius 2 is 1.73 bits per heavy atom. The van der Waals surface area contributed by atoms with Crippen LogP contribution in [-0.4, -0.2) is 48.8 Å². The second-order valence-electron chi connectivity index (χ2n) is 7.33. The van der Waals surface area contributed by atoms with Crippen molar-refractivity contribution in [3.8, 4) is 0 Å². The number of benzene rings is 1. The lowest BCUT2D eigenvalue weighted by Gasteiger charge is -2.40. The second-order valence-corrected chi connectivity index (χ2v) is 7.33. The first-order valence-corrected chi connectivity index (χ1v) is 8.92. The van der Waals surface area contributed by atoms with E-state index in [0.29, 0.717) is 39.1 Å². The molecule has 2 aliphatic rings. The molecule has 0 aromatic heterocycles. The van der Waals surface area contributed by atoms with Crippen LogP contribution in [0.4, 0.5) is 4.39 Å². The van der Waals surface area contributed by atoms with Crippen molar-refractivity contribution < 1.29 is 23.5 Å². The Bertz CT molecular complexity index is 659. The van der Waals surface area contributed by atoms with Gasteiger partial charge in [-0.3, -0.25) is 9.59 Å². The Morgan fingerprint density at radius 1 is 1.15 bits per heavy atom.